The Kier molecular flexibility index (Phi) is 3.06. The topological polar surface area (TPSA) is 20.3 Å². The van der Waals surface area contributed by atoms with Gasteiger partial charge in [-0.25, -0.2) is 0 Å². The van der Waals surface area contributed by atoms with Crippen LogP contribution in [0.2, 0.25) is 0 Å². The van der Waals surface area contributed by atoms with E-state index < -0.39 is 0 Å². The number of rotatable bonds is 0. The molecule has 1 aliphatic heterocycles. The van der Waals surface area contributed by atoms with Crippen LogP contribution in [0.1, 0.15) is 19.3 Å². The first-order valence-corrected chi connectivity index (χ1v) is 4.07. The van der Waals surface area contributed by atoms with Crippen LogP contribution in [0.15, 0.2) is 0 Å². The zero-order chi connectivity index (χ0) is 6.53. The van der Waals surface area contributed by atoms with E-state index in [0.717, 1.165) is 13.1 Å². The van der Waals surface area contributed by atoms with Gasteiger partial charge in [0.15, 0.2) is 0 Å². The van der Waals surface area contributed by atoms with E-state index in [-0.39, 0.29) is 7.92 Å². The van der Waals surface area contributed by atoms with Crippen molar-refractivity contribution >= 4 is 7.92 Å². The first-order valence-electron chi connectivity index (χ1n) is 3.26. The molecule has 50 valence electrons. The Balaban J connectivity index is 2.37. The van der Waals surface area contributed by atoms with Crippen LogP contribution in [0.3, 0.4) is 0 Å². The zero-order valence-corrected chi connectivity index (χ0v) is 6.23. The maximum absolute atomic E-state index is 10.0. The van der Waals surface area contributed by atoms with E-state index in [1.165, 1.54) is 19.3 Å². The van der Waals surface area contributed by atoms with Crippen LogP contribution in [0.5, 0.6) is 0 Å². The van der Waals surface area contributed by atoms with Gasteiger partial charge in [0.05, 0.1) is 0 Å². The third-order valence-corrected chi connectivity index (χ3v) is 1.90. The molecule has 0 N–H and O–H groups in total. The van der Waals surface area contributed by atoms with Gasteiger partial charge in [-0.1, -0.05) is 0 Å². The number of likely N-dealkylation sites (tertiary alicyclic amines) is 1. The molecule has 0 aromatic carbocycles. The first kappa shape index (κ1) is 7.08. The van der Waals surface area contributed by atoms with Crippen molar-refractivity contribution in [2.45, 2.75) is 19.3 Å². The third kappa shape index (κ3) is 2.36. The molecule has 0 aromatic heterocycles. The Morgan fingerprint density at radius 1 is 1.22 bits per heavy atom. The van der Waals surface area contributed by atoms with Crippen molar-refractivity contribution in [1.29, 1.82) is 0 Å². The minimum absolute atomic E-state index is 0.0243. The summed E-state index contributed by atoms with van der Waals surface area (Å²) in [6.45, 7) is 2.07. The number of hydrogen-bond acceptors (Lipinski definition) is 2. The molecular weight excluding hydrogens is 133 g/mol. The minimum atomic E-state index is 0.0243. The molecule has 0 saturated carbocycles. The monoisotopic (exact) mass is 143 g/mol. The second-order valence-electron chi connectivity index (χ2n) is 2.24. The molecule has 0 radical (unpaired) electrons. The number of nitrogens with zero attached hydrogens (tertiary/aromatic N) is 1. The average molecular weight is 143 g/mol. The molecule has 0 amide bonds. The second-order valence-corrected chi connectivity index (χ2v) is 2.62. The van der Waals surface area contributed by atoms with Crippen LogP contribution in [0.25, 0.3) is 0 Å². The van der Waals surface area contributed by atoms with E-state index in [0.29, 0.717) is 0 Å². The molecule has 0 aromatic rings. The van der Waals surface area contributed by atoms with Gasteiger partial charge in [-0.2, -0.15) is 0 Å². The summed E-state index contributed by atoms with van der Waals surface area (Å²) < 4.78 is 10.0. The summed E-state index contributed by atoms with van der Waals surface area (Å²) in [5, 5.41) is 0. The van der Waals surface area contributed by atoms with Crippen molar-refractivity contribution in [2.24, 2.45) is 0 Å². The van der Waals surface area contributed by atoms with E-state index in [2.05, 4.69) is 5.75 Å². The third-order valence-electron chi connectivity index (χ3n) is 1.54. The first-order chi connectivity index (χ1) is 4.43. The predicted molar refractivity (Wildman–Crippen MR) is 36.9 cm³/mol. The average Bonchev–Trinajstić information content (AvgIpc) is 1.91. The van der Waals surface area contributed by atoms with Crippen molar-refractivity contribution in [3.05, 3.63) is 0 Å². The van der Waals surface area contributed by atoms with Gasteiger partial charge in [-0.05, 0) is 0 Å². The molecule has 0 bridgehead atoms. The summed E-state index contributed by atoms with van der Waals surface area (Å²) in [6.07, 6.45) is 3.76. The van der Waals surface area contributed by atoms with Crippen LogP contribution in [0.4, 0.5) is 0 Å². The quantitative estimate of drug-likeness (QED) is 0.481. The fourth-order valence-electron chi connectivity index (χ4n) is 1.05. The molecule has 1 saturated heterocycles. The molecule has 9 heavy (non-hydrogen) atoms. The van der Waals surface area contributed by atoms with Crippen LogP contribution in [0, 0.1) is 5.75 Å². The van der Waals surface area contributed by atoms with Gasteiger partial charge >= 0.3 is 55.5 Å². The standard InChI is InChI=1S/C6H10NOP/c8-9-6-7-4-2-1-3-5-7/h1-5H2. The van der Waals surface area contributed by atoms with E-state index in [1.54, 1.807) is 0 Å². The van der Waals surface area contributed by atoms with E-state index in [9.17, 15) is 4.57 Å². The molecule has 0 spiro atoms. The molecular formula is C6H10NOP. The fraction of sp³-hybridized carbons (Fsp3) is 0.833. The van der Waals surface area contributed by atoms with Crippen molar-refractivity contribution < 1.29 is 4.57 Å². The number of piperidine rings is 1. The SMILES string of the molecule is O=P#CN1CCCCC1. The Bertz CT molecular complexity index is 166. The molecule has 2 nitrogen and oxygen atoms in total. The van der Waals surface area contributed by atoms with Crippen LogP contribution in [-0.4, -0.2) is 18.0 Å². The predicted octanol–water partition coefficient (Wildman–Crippen LogP) is 1.68. The molecule has 0 aliphatic carbocycles. The Hall–Kier alpha value is -0.0300. The summed E-state index contributed by atoms with van der Waals surface area (Å²) in [7, 11) is 0.0243. The van der Waals surface area contributed by atoms with Gasteiger partial charge in [-0.3, -0.25) is 0 Å². The Morgan fingerprint density at radius 2 is 1.89 bits per heavy atom. The number of hydrogen-bond donors (Lipinski definition) is 0. The van der Waals surface area contributed by atoms with Crippen molar-refractivity contribution in [3.63, 3.8) is 0 Å². The maximum atomic E-state index is 10.0. The summed E-state index contributed by atoms with van der Waals surface area (Å²) in [5.41, 5.74) is 0. The van der Waals surface area contributed by atoms with Gasteiger partial charge in [-0.15, -0.1) is 0 Å². The van der Waals surface area contributed by atoms with Gasteiger partial charge < -0.3 is 0 Å². The van der Waals surface area contributed by atoms with Crippen LogP contribution < -0.4 is 0 Å². The molecule has 1 fully saturated rings. The van der Waals surface area contributed by atoms with E-state index in [1.807, 2.05) is 4.90 Å². The van der Waals surface area contributed by atoms with Crippen molar-refractivity contribution in [1.82, 2.24) is 4.90 Å². The van der Waals surface area contributed by atoms with Gasteiger partial charge in [0, 0.05) is 0 Å². The van der Waals surface area contributed by atoms with Crippen molar-refractivity contribution in [3.8, 4) is 5.75 Å². The molecule has 1 heterocycles. The summed E-state index contributed by atoms with van der Waals surface area (Å²) >= 11 is 0. The summed E-state index contributed by atoms with van der Waals surface area (Å²) in [5.74, 6) is 2.73. The summed E-state index contributed by atoms with van der Waals surface area (Å²) in [6, 6.07) is 0. The molecule has 0 atom stereocenters. The zero-order valence-electron chi connectivity index (χ0n) is 5.34. The summed E-state index contributed by atoms with van der Waals surface area (Å²) in [4.78, 5) is 2.00. The second kappa shape index (κ2) is 3.90. The van der Waals surface area contributed by atoms with E-state index in [4.69, 9.17) is 0 Å². The molecule has 3 heteroatoms. The van der Waals surface area contributed by atoms with Gasteiger partial charge in [0.2, 0.25) is 0 Å². The normalized spacial score (nSPS) is 20.9. The van der Waals surface area contributed by atoms with Gasteiger partial charge in [0.1, 0.15) is 0 Å². The fourth-order valence-corrected chi connectivity index (χ4v) is 1.37. The molecule has 0 unspecified atom stereocenters. The van der Waals surface area contributed by atoms with Crippen LogP contribution >= 0.6 is 7.92 Å². The van der Waals surface area contributed by atoms with Crippen LogP contribution in [-0.2, 0) is 4.57 Å². The Labute approximate surface area is 56.4 Å². The molecule has 1 rings (SSSR count). The Morgan fingerprint density at radius 3 is 2.44 bits per heavy atom. The van der Waals surface area contributed by atoms with Gasteiger partial charge in [0.25, 0.3) is 0 Å². The van der Waals surface area contributed by atoms with Crippen molar-refractivity contribution in [2.75, 3.05) is 13.1 Å². The van der Waals surface area contributed by atoms with E-state index >= 15 is 0 Å². The molecule has 1 aliphatic rings.